The number of carbonyl (C=O) groups excluding carboxylic acids is 1. The number of benzene rings is 1. The lowest BCUT2D eigenvalue weighted by atomic mass is 9.96. The van der Waals surface area contributed by atoms with Crippen LogP contribution in [0.2, 0.25) is 0 Å². The Bertz CT molecular complexity index is 1190. The van der Waals surface area contributed by atoms with Crippen molar-refractivity contribution in [1.82, 2.24) is 14.8 Å². The van der Waals surface area contributed by atoms with Crippen molar-refractivity contribution in [3.8, 4) is 11.6 Å². The molecule has 2 aromatic heterocycles. The highest BCUT2D eigenvalue weighted by molar-refractivity contribution is 5.84. The van der Waals surface area contributed by atoms with Crippen LogP contribution in [0.15, 0.2) is 24.3 Å². The van der Waals surface area contributed by atoms with E-state index in [1.54, 1.807) is 14.2 Å². The van der Waals surface area contributed by atoms with Gasteiger partial charge in [0, 0.05) is 31.0 Å². The lowest BCUT2D eigenvalue weighted by Gasteiger charge is -2.12. The van der Waals surface area contributed by atoms with Gasteiger partial charge in [-0.1, -0.05) is 6.07 Å². The highest BCUT2D eigenvalue weighted by atomic mass is 19.3. The van der Waals surface area contributed by atoms with Crippen LogP contribution < -0.4 is 9.47 Å². The fourth-order valence-corrected chi connectivity index (χ4v) is 4.68. The first-order valence-corrected chi connectivity index (χ1v) is 10.9. The van der Waals surface area contributed by atoms with Crippen molar-refractivity contribution in [2.24, 2.45) is 7.05 Å². The van der Waals surface area contributed by atoms with Gasteiger partial charge in [0.25, 0.3) is 6.43 Å². The topological polar surface area (TPSA) is 66.2 Å². The Kier molecular flexibility index (Phi) is 5.31. The van der Waals surface area contributed by atoms with Crippen LogP contribution in [0.1, 0.15) is 66.3 Å². The van der Waals surface area contributed by atoms with E-state index < -0.39 is 6.43 Å². The minimum atomic E-state index is -2.67. The summed E-state index contributed by atoms with van der Waals surface area (Å²) in [5, 5.41) is 4.84. The zero-order chi connectivity index (χ0) is 22.4. The Morgan fingerprint density at radius 2 is 2.06 bits per heavy atom. The van der Waals surface area contributed by atoms with Gasteiger partial charge in [0.1, 0.15) is 12.4 Å². The van der Waals surface area contributed by atoms with Crippen LogP contribution >= 0.6 is 0 Å². The van der Waals surface area contributed by atoms with E-state index in [0.717, 1.165) is 31.4 Å². The summed E-state index contributed by atoms with van der Waals surface area (Å²) in [5.74, 6) is 1.12. The van der Waals surface area contributed by atoms with Crippen LogP contribution in [0.25, 0.3) is 11.0 Å². The van der Waals surface area contributed by atoms with Crippen molar-refractivity contribution < 1.29 is 23.0 Å². The molecule has 0 aliphatic heterocycles. The smallest absolute Gasteiger partial charge is 0.264 e. The van der Waals surface area contributed by atoms with Gasteiger partial charge >= 0.3 is 0 Å². The third-order valence-corrected chi connectivity index (χ3v) is 6.43. The minimum Gasteiger partial charge on any atom is -0.497 e. The van der Waals surface area contributed by atoms with E-state index in [-0.39, 0.29) is 35.7 Å². The number of hydrogen-bond acceptors (Lipinski definition) is 5. The third-order valence-electron chi connectivity index (χ3n) is 6.43. The number of fused-ring (bicyclic) bond motifs is 2. The second-order valence-corrected chi connectivity index (χ2v) is 8.66. The van der Waals surface area contributed by atoms with Crippen molar-refractivity contribution in [1.29, 1.82) is 0 Å². The first-order chi connectivity index (χ1) is 15.4. The molecular weight excluding hydrogens is 416 g/mol. The number of halogens is 2. The maximum Gasteiger partial charge on any atom is 0.264 e. The van der Waals surface area contributed by atoms with Crippen molar-refractivity contribution in [3.63, 3.8) is 0 Å². The average molecular weight is 441 g/mol. The van der Waals surface area contributed by atoms with E-state index in [1.807, 2.05) is 18.2 Å². The van der Waals surface area contributed by atoms with Crippen molar-refractivity contribution in [2.75, 3.05) is 13.7 Å². The van der Waals surface area contributed by atoms with E-state index in [9.17, 15) is 13.6 Å². The van der Waals surface area contributed by atoms with E-state index in [2.05, 4.69) is 10.1 Å². The van der Waals surface area contributed by atoms with E-state index in [1.165, 1.54) is 21.9 Å². The third kappa shape index (κ3) is 3.82. The van der Waals surface area contributed by atoms with Crippen molar-refractivity contribution >= 4 is 16.8 Å². The first kappa shape index (κ1) is 20.8. The SMILES string of the molecule is COc1ccc2c(c1)CC[C@@H]2CC(=O)COc1cc(C(F)F)c2c(C3CC3)nn(C)c2n1. The molecular formula is C24H25F2N3O3. The monoisotopic (exact) mass is 441 g/mol. The van der Waals surface area contributed by atoms with Gasteiger partial charge in [0.15, 0.2) is 11.4 Å². The van der Waals surface area contributed by atoms with Gasteiger partial charge in [-0.05, 0) is 54.9 Å². The largest absolute Gasteiger partial charge is 0.497 e. The van der Waals surface area contributed by atoms with Crippen LogP contribution in [-0.2, 0) is 18.3 Å². The molecule has 1 atom stereocenters. The van der Waals surface area contributed by atoms with Crippen LogP contribution in [0.4, 0.5) is 8.78 Å². The Morgan fingerprint density at radius 3 is 2.78 bits per heavy atom. The Labute approximate surface area is 184 Å². The van der Waals surface area contributed by atoms with E-state index >= 15 is 0 Å². The molecule has 0 bridgehead atoms. The summed E-state index contributed by atoms with van der Waals surface area (Å²) >= 11 is 0. The minimum absolute atomic E-state index is 0.0306. The number of methoxy groups -OCH3 is 1. The van der Waals surface area contributed by atoms with Gasteiger partial charge < -0.3 is 9.47 Å². The van der Waals surface area contributed by atoms with Gasteiger partial charge in [-0.3, -0.25) is 9.48 Å². The average Bonchev–Trinajstić information content (AvgIpc) is 3.48. The molecule has 32 heavy (non-hydrogen) atoms. The number of pyridine rings is 1. The van der Waals surface area contributed by atoms with Gasteiger partial charge in [0.2, 0.25) is 5.88 Å². The molecule has 0 amide bonds. The number of hydrogen-bond donors (Lipinski definition) is 0. The van der Waals surface area contributed by atoms with Gasteiger partial charge in [0.05, 0.1) is 18.2 Å². The first-order valence-electron chi connectivity index (χ1n) is 10.9. The lowest BCUT2D eigenvalue weighted by Crippen LogP contribution is -2.15. The molecule has 5 rings (SSSR count). The van der Waals surface area contributed by atoms with Crippen molar-refractivity contribution in [3.05, 3.63) is 46.6 Å². The summed E-state index contributed by atoms with van der Waals surface area (Å²) in [5.41, 5.74) is 3.29. The van der Waals surface area contributed by atoms with Crippen LogP contribution in [0.3, 0.4) is 0 Å². The van der Waals surface area contributed by atoms with Gasteiger partial charge in [-0.25, -0.2) is 8.78 Å². The number of rotatable bonds is 8. The number of Topliss-reactive ketones (excluding diaryl/α,β-unsaturated/α-hetero) is 1. The Morgan fingerprint density at radius 1 is 1.25 bits per heavy atom. The molecule has 3 aromatic rings. The molecule has 2 heterocycles. The molecule has 2 aliphatic rings. The Balaban J connectivity index is 1.31. The fraction of sp³-hybridized carbons (Fsp3) is 0.458. The molecule has 0 radical (unpaired) electrons. The number of ketones is 1. The molecule has 2 aliphatic carbocycles. The van der Waals surface area contributed by atoms with Crippen LogP contribution in [-0.4, -0.2) is 34.3 Å². The number of aryl methyl sites for hydroxylation is 2. The lowest BCUT2D eigenvalue weighted by molar-refractivity contribution is -0.121. The molecule has 0 N–H and O–H groups in total. The molecule has 0 saturated heterocycles. The zero-order valence-electron chi connectivity index (χ0n) is 18.1. The normalized spacial score (nSPS) is 17.7. The predicted molar refractivity (Wildman–Crippen MR) is 115 cm³/mol. The van der Waals surface area contributed by atoms with E-state index in [4.69, 9.17) is 9.47 Å². The molecule has 8 heteroatoms. The summed E-state index contributed by atoms with van der Waals surface area (Å²) in [7, 11) is 3.33. The quantitative estimate of drug-likeness (QED) is 0.500. The molecule has 0 unspecified atom stereocenters. The van der Waals surface area contributed by atoms with E-state index in [0.29, 0.717) is 23.1 Å². The number of aromatic nitrogens is 3. The summed E-state index contributed by atoms with van der Waals surface area (Å²) in [6.45, 7) is -0.198. The predicted octanol–water partition coefficient (Wildman–Crippen LogP) is 4.86. The molecule has 1 saturated carbocycles. The number of carbonyl (C=O) groups is 1. The highest BCUT2D eigenvalue weighted by Gasteiger charge is 2.32. The number of alkyl halides is 2. The molecule has 6 nitrogen and oxygen atoms in total. The summed E-state index contributed by atoms with van der Waals surface area (Å²) in [4.78, 5) is 17.0. The van der Waals surface area contributed by atoms with Crippen LogP contribution in [0.5, 0.6) is 11.6 Å². The second-order valence-electron chi connectivity index (χ2n) is 8.66. The zero-order valence-corrected chi connectivity index (χ0v) is 18.1. The number of nitrogens with zero attached hydrogens (tertiary/aromatic N) is 3. The maximum absolute atomic E-state index is 13.8. The molecule has 1 fully saturated rings. The van der Waals surface area contributed by atoms with Crippen LogP contribution in [0, 0.1) is 0 Å². The number of ether oxygens (including phenoxy) is 2. The standard InChI is InChI=1S/C24H25F2N3O3/c1-29-24-21(22(28-29)13-3-4-13)19(23(25)26)11-20(27-24)32-12-16(30)9-14-5-6-15-10-17(31-2)7-8-18(14)15/h7-8,10-11,13-14,23H,3-6,9,12H2,1-2H3/t14-/m1/s1. The summed E-state index contributed by atoms with van der Waals surface area (Å²) in [6.07, 6.45) is 1.39. The highest BCUT2D eigenvalue weighted by Crippen LogP contribution is 2.45. The summed E-state index contributed by atoms with van der Waals surface area (Å²) in [6, 6.07) is 7.20. The maximum atomic E-state index is 13.8. The fourth-order valence-electron chi connectivity index (χ4n) is 4.68. The molecule has 168 valence electrons. The van der Waals surface area contributed by atoms with Gasteiger partial charge in [-0.15, -0.1) is 0 Å². The van der Waals surface area contributed by atoms with Gasteiger partial charge in [-0.2, -0.15) is 10.1 Å². The summed E-state index contributed by atoms with van der Waals surface area (Å²) < 4.78 is 40.0. The molecule has 1 aromatic carbocycles. The van der Waals surface area contributed by atoms with Crippen molar-refractivity contribution in [2.45, 2.75) is 50.4 Å². The Hall–Kier alpha value is -3.03. The second kappa shape index (κ2) is 8.15. The molecule has 0 spiro atoms.